The Balaban J connectivity index is 1.91. The zero-order valence-corrected chi connectivity index (χ0v) is 19.0. The fraction of sp³-hybridized carbons (Fsp3) is 0.350. The number of hydrogen-bond acceptors (Lipinski definition) is 7. The normalized spacial score (nSPS) is 18.7. The Labute approximate surface area is 187 Å². The predicted molar refractivity (Wildman–Crippen MR) is 116 cm³/mol. The molecule has 0 radical (unpaired) electrons. The number of methoxy groups -OCH3 is 1. The van der Waals surface area contributed by atoms with E-state index in [9.17, 15) is 26.7 Å². The number of carboxylic acid groups (broad SMARTS) is 1. The predicted octanol–water partition coefficient (Wildman–Crippen LogP) is 1.23. The number of rotatable bonds is 8. The molecule has 3 rings (SSSR count). The van der Waals surface area contributed by atoms with Crippen molar-refractivity contribution in [3.05, 3.63) is 60.2 Å². The van der Waals surface area contributed by atoms with Gasteiger partial charge in [-0.2, -0.15) is 4.31 Å². The van der Waals surface area contributed by atoms with Gasteiger partial charge < -0.3 is 9.84 Å². The van der Waals surface area contributed by atoms with Gasteiger partial charge in [-0.3, -0.25) is 0 Å². The molecule has 2 aromatic carbocycles. The van der Waals surface area contributed by atoms with Crippen molar-refractivity contribution >= 4 is 26.0 Å². The fourth-order valence-corrected chi connectivity index (χ4v) is 6.27. The van der Waals surface area contributed by atoms with Crippen molar-refractivity contribution in [1.29, 1.82) is 0 Å². The van der Waals surface area contributed by atoms with Gasteiger partial charge in [0.2, 0.25) is 20.0 Å². The first-order valence-corrected chi connectivity index (χ1v) is 12.9. The first-order chi connectivity index (χ1) is 15.1. The van der Waals surface area contributed by atoms with Crippen LogP contribution in [0.3, 0.4) is 0 Å². The average Bonchev–Trinajstić information content (AvgIpc) is 2.96. The third kappa shape index (κ3) is 5.64. The molecule has 1 unspecified atom stereocenters. The highest BCUT2D eigenvalue weighted by atomic mass is 32.2. The maximum atomic E-state index is 13.3. The molecule has 0 spiro atoms. The number of benzene rings is 2. The number of sulfonamides is 2. The fourth-order valence-electron chi connectivity index (χ4n) is 3.44. The van der Waals surface area contributed by atoms with Gasteiger partial charge in [0.25, 0.3) is 0 Å². The largest absolute Gasteiger partial charge is 0.497 e. The molecule has 1 aliphatic heterocycles. The third-order valence-electron chi connectivity index (χ3n) is 4.94. The third-order valence-corrected chi connectivity index (χ3v) is 8.03. The summed E-state index contributed by atoms with van der Waals surface area (Å²) in [5.74, 6) is -1.40. The second kappa shape index (κ2) is 9.96. The molecule has 0 bridgehead atoms. The van der Waals surface area contributed by atoms with Crippen LogP contribution in [0.1, 0.15) is 18.4 Å². The number of hydrogen-bond donors (Lipinski definition) is 2. The monoisotopic (exact) mass is 483 g/mol. The van der Waals surface area contributed by atoms with E-state index in [0.29, 0.717) is 24.2 Å². The lowest BCUT2D eigenvalue weighted by molar-refractivity contribution is -0.148. The zero-order chi connectivity index (χ0) is 23.4. The van der Waals surface area contributed by atoms with Crippen molar-refractivity contribution in [3.63, 3.8) is 0 Å². The van der Waals surface area contributed by atoms with Gasteiger partial charge in [-0.15, -0.1) is 4.83 Å². The van der Waals surface area contributed by atoms with Crippen molar-refractivity contribution < 1.29 is 31.5 Å². The number of carboxylic acids is 1. The lowest BCUT2D eigenvalue weighted by Gasteiger charge is -2.33. The molecule has 1 atom stereocenters. The van der Waals surface area contributed by atoms with Gasteiger partial charge in [-0.05, 0) is 42.7 Å². The summed E-state index contributed by atoms with van der Waals surface area (Å²) >= 11 is 0. The van der Waals surface area contributed by atoms with Crippen molar-refractivity contribution in [1.82, 2.24) is 14.1 Å². The van der Waals surface area contributed by atoms with Crippen molar-refractivity contribution in [2.24, 2.45) is 0 Å². The molecule has 174 valence electrons. The molecule has 0 aromatic heterocycles. The zero-order valence-electron chi connectivity index (χ0n) is 17.4. The molecule has 1 saturated heterocycles. The molecule has 32 heavy (non-hydrogen) atoms. The van der Waals surface area contributed by atoms with E-state index in [2.05, 4.69) is 4.83 Å². The van der Waals surface area contributed by atoms with E-state index < -0.39 is 32.2 Å². The van der Waals surface area contributed by atoms with Gasteiger partial charge in [0.05, 0.1) is 17.8 Å². The molecule has 2 aromatic rings. The van der Waals surface area contributed by atoms with Gasteiger partial charge >= 0.3 is 5.97 Å². The van der Waals surface area contributed by atoms with Crippen molar-refractivity contribution in [2.45, 2.75) is 29.7 Å². The Kier molecular flexibility index (Phi) is 7.51. The summed E-state index contributed by atoms with van der Waals surface area (Å²) in [6.07, 6.45) is -0.960. The quantitative estimate of drug-likeness (QED) is 0.573. The van der Waals surface area contributed by atoms with Crippen LogP contribution >= 0.6 is 0 Å². The van der Waals surface area contributed by atoms with Crippen LogP contribution in [0.2, 0.25) is 0 Å². The number of aliphatic carboxylic acids is 1. The number of ether oxygens (including phenoxy) is 1. The minimum atomic E-state index is -4.23. The van der Waals surface area contributed by atoms with E-state index >= 15 is 0 Å². The van der Waals surface area contributed by atoms with Gasteiger partial charge in [-0.25, -0.2) is 26.6 Å². The van der Waals surface area contributed by atoms with Crippen molar-refractivity contribution in [2.75, 3.05) is 20.2 Å². The van der Waals surface area contributed by atoms with Crippen LogP contribution in [0.4, 0.5) is 0 Å². The van der Waals surface area contributed by atoms with E-state index in [1.807, 2.05) is 0 Å². The number of nitrogens with zero attached hydrogens (tertiary/aromatic N) is 2. The Bertz CT molecular complexity index is 1140. The molecule has 0 amide bonds. The van der Waals surface area contributed by atoms with Crippen LogP contribution in [0.25, 0.3) is 0 Å². The Morgan fingerprint density at radius 2 is 1.66 bits per heavy atom. The van der Waals surface area contributed by atoms with Crippen LogP contribution in [0, 0.1) is 0 Å². The summed E-state index contributed by atoms with van der Waals surface area (Å²) in [4.78, 5) is 14.3. The number of nitrogens with one attached hydrogen (secondary N) is 1. The molecular formula is C20H25N3O7S2. The Morgan fingerprint density at radius 1 is 1.03 bits per heavy atom. The molecule has 2 N–H and O–H groups in total. The summed E-state index contributed by atoms with van der Waals surface area (Å²) in [5, 5.41) is 10.8. The van der Waals surface area contributed by atoms with Gasteiger partial charge in [0.1, 0.15) is 5.75 Å². The van der Waals surface area contributed by atoms with Crippen LogP contribution in [0.5, 0.6) is 5.75 Å². The van der Waals surface area contributed by atoms with E-state index in [1.54, 1.807) is 30.3 Å². The van der Waals surface area contributed by atoms with Gasteiger partial charge in [-0.1, -0.05) is 30.3 Å². The van der Waals surface area contributed by atoms with Crippen LogP contribution in [-0.2, 0) is 30.6 Å². The molecule has 0 saturated carbocycles. The molecule has 0 aliphatic carbocycles. The van der Waals surface area contributed by atoms with Crippen LogP contribution in [-0.4, -0.2) is 63.6 Å². The number of carbonyl (C=O) groups is 1. The Morgan fingerprint density at radius 3 is 2.25 bits per heavy atom. The molecular weight excluding hydrogens is 458 g/mol. The molecule has 1 heterocycles. The van der Waals surface area contributed by atoms with E-state index in [4.69, 9.17) is 4.74 Å². The second-order valence-corrected chi connectivity index (χ2v) is 10.8. The first-order valence-electron chi connectivity index (χ1n) is 9.83. The first kappa shape index (κ1) is 24.1. The maximum absolute atomic E-state index is 13.3. The van der Waals surface area contributed by atoms with Crippen molar-refractivity contribution in [3.8, 4) is 5.75 Å². The summed E-state index contributed by atoms with van der Waals surface area (Å²) in [6.45, 7) is -0.0259. The average molecular weight is 484 g/mol. The van der Waals surface area contributed by atoms with E-state index in [0.717, 1.165) is 9.31 Å². The summed E-state index contributed by atoms with van der Waals surface area (Å²) in [5.41, 5.74) is 0.518. The van der Waals surface area contributed by atoms with Crippen LogP contribution in [0.15, 0.2) is 59.5 Å². The highest BCUT2D eigenvalue weighted by Gasteiger charge is 2.42. The lowest BCUT2D eigenvalue weighted by Crippen LogP contribution is -2.59. The minimum absolute atomic E-state index is 0.0413. The minimum Gasteiger partial charge on any atom is -0.497 e. The summed E-state index contributed by atoms with van der Waals surface area (Å²) in [7, 11) is -6.77. The standard InChI is InChI=1S/C20H25N3O7S2/c1-30-17-9-11-18(12-10-17)32(28,29)23-14-6-5-13-22(19(23)20(24)25)21-31(26,27)15-16-7-3-2-4-8-16/h2-4,7-12,19,21H,5-6,13-15H2,1H3,(H,24,25). The van der Waals surface area contributed by atoms with Gasteiger partial charge in [0.15, 0.2) is 6.17 Å². The highest BCUT2D eigenvalue weighted by Crippen LogP contribution is 2.25. The topological polar surface area (TPSA) is 133 Å². The molecule has 10 nitrogen and oxygen atoms in total. The van der Waals surface area contributed by atoms with Crippen LogP contribution < -0.4 is 9.57 Å². The number of hydrazine groups is 1. The Hall–Kier alpha value is -2.51. The molecule has 1 fully saturated rings. The summed E-state index contributed by atoms with van der Waals surface area (Å²) in [6, 6.07) is 14.0. The lowest BCUT2D eigenvalue weighted by atomic mass is 10.2. The highest BCUT2D eigenvalue weighted by molar-refractivity contribution is 7.89. The SMILES string of the molecule is COc1ccc(S(=O)(=O)N2CCCCN(NS(=O)(=O)Cc3ccccc3)C2C(=O)O)cc1. The van der Waals surface area contributed by atoms with Gasteiger partial charge in [0, 0.05) is 13.1 Å². The van der Waals surface area contributed by atoms with E-state index in [-0.39, 0.29) is 23.7 Å². The van der Waals surface area contributed by atoms with E-state index in [1.165, 1.54) is 31.4 Å². The smallest absolute Gasteiger partial charge is 0.338 e. The molecule has 12 heteroatoms. The molecule has 1 aliphatic rings. The second-order valence-electron chi connectivity index (χ2n) is 7.24. The summed E-state index contributed by atoms with van der Waals surface area (Å²) < 4.78 is 57.8. The maximum Gasteiger partial charge on any atom is 0.338 e.